The van der Waals surface area contributed by atoms with E-state index in [0.29, 0.717) is 30.8 Å². The predicted molar refractivity (Wildman–Crippen MR) is 96.4 cm³/mol. The topological polar surface area (TPSA) is 103 Å². The summed E-state index contributed by atoms with van der Waals surface area (Å²) in [6, 6.07) is 2.89. The van der Waals surface area contributed by atoms with Crippen LogP contribution in [-0.4, -0.2) is 51.9 Å². The van der Waals surface area contributed by atoms with E-state index in [9.17, 15) is 14.4 Å². The van der Waals surface area contributed by atoms with Crippen LogP contribution < -0.4 is 16.0 Å². The summed E-state index contributed by atoms with van der Waals surface area (Å²) in [5, 5.41) is 9.15. The number of likely N-dealkylation sites (tertiary alicyclic amines) is 1. The molecule has 0 aliphatic carbocycles. The fourth-order valence-electron chi connectivity index (χ4n) is 3.46. The fourth-order valence-corrected chi connectivity index (χ4v) is 3.46. The van der Waals surface area contributed by atoms with Gasteiger partial charge >= 0.3 is 0 Å². The number of fused-ring (bicyclic) bond motifs is 1. The standard InChI is InChI=1S/C18H25N5O3/c1-11(2)20-16(25)12(3)23-10-8-18(7-6-14(23)24)21-15-13(17(26)22-18)5-4-9-19-15/h4-5,9,11-12H,6-8,10H2,1-3H3,(H,19,21)(H,20,25)(H,22,26). The first-order valence-electron chi connectivity index (χ1n) is 8.97. The number of nitrogens with one attached hydrogen (secondary N) is 3. The average molecular weight is 359 g/mol. The second-order valence-electron chi connectivity index (χ2n) is 7.24. The minimum absolute atomic E-state index is 0.0141. The summed E-state index contributed by atoms with van der Waals surface area (Å²) in [5.74, 6) is 0.0780. The summed E-state index contributed by atoms with van der Waals surface area (Å²) in [7, 11) is 0. The SMILES string of the molecule is CC(C)NC(=O)C(C)N1CCC2(CCC1=O)NC(=O)c1cccnc1N2. The molecule has 0 saturated carbocycles. The van der Waals surface area contributed by atoms with E-state index in [1.165, 1.54) is 0 Å². The molecule has 1 aromatic rings. The lowest BCUT2D eigenvalue weighted by molar-refractivity contribution is -0.139. The third-order valence-electron chi connectivity index (χ3n) is 4.91. The number of carbonyl (C=O) groups excluding carboxylic acids is 3. The Morgan fingerprint density at radius 3 is 2.77 bits per heavy atom. The van der Waals surface area contributed by atoms with Gasteiger partial charge in [-0.2, -0.15) is 0 Å². The van der Waals surface area contributed by atoms with Crippen molar-refractivity contribution in [3.05, 3.63) is 23.9 Å². The second-order valence-corrected chi connectivity index (χ2v) is 7.24. The lowest BCUT2D eigenvalue weighted by Gasteiger charge is -2.39. The molecule has 1 fully saturated rings. The van der Waals surface area contributed by atoms with Crippen LogP contribution >= 0.6 is 0 Å². The summed E-state index contributed by atoms with van der Waals surface area (Å²) >= 11 is 0. The Morgan fingerprint density at radius 2 is 2.04 bits per heavy atom. The number of amides is 3. The maximum atomic E-state index is 12.6. The summed E-state index contributed by atoms with van der Waals surface area (Å²) in [4.78, 5) is 43.2. The summed E-state index contributed by atoms with van der Waals surface area (Å²) in [5.41, 5.74) is -0.230. The summed E-state index contributed by atoms with van der Waals surface area (Å²) in [6.45, 7) is 5.88. The highest BCUT2D eigenvalue weighted by atomic mass is 16.2. The predicted octanol–water partition coefficient (Wildman–Crippen LogP) is 0.859. The van der Waals surface area contributed by atoms with E-state index in [2.05, 4.69) is 20.9 Å². The Kier molecular flexibility index (Phi) is 4.84. The third-order valence-corrected chi connectivity index (χ3v) is 4.91. The molecule has 0 aromatic carbocycles. The van der Waals surface area contributed by atoms with Crippen molar-refractivity contribution in [2.45, 2.75) is 57.8 Å². The van der Waals surface area contributed by atoms with Crippen LogP contribution in [0.1, 0.15) is 50.4 Å². The largest absolute Gasteiger partial charge is 0.352 e. The fraction of sp³-hybridized carbons (Fsp3) is 0.556. The molecule has 0 bridgehead atoms. The Balaban J connectivity index is 1.76. The van der Waals surface area contributed by atoms with Gasteiger partial charge in [0.05, 0.1) is 5.56 Å². The molecule has 1 spiro atoms. The molecule has 3 rings (SSSR count). The Bertz CT molecular complexity index is 735. The van der Waals surface area contributed by atoms with Crippen molar-refractivity contribution in [2.24, 2.45) is 0 Å². The maximum Gasteiger partial charge on any atom is 0.256 e. The zero-order valence-electron chi connectivity index (χ0n) is 15.3. The number of hydrogen-bond donors (Lipinski definition) is 3. The van der Waals surface area contributed by atoms with Gasteiger partial charge in [0.2, 0.25) is 11.8 Å². The Labute approximate surface area is 152 Å². The molecule has 140 valence electrons. The van der Waals surface area contributed by atoms with Gasteiger partial charge in [-0.15, -0.1) is 0 Å². The molecule has 8 nitrogen and oxygen atoms in total. The van der Waals surface area contributed by atoms with Gasteiger partial charge in [0.15, 0.2) is 0 Å². The molecule has 2 aliphatic rings. The molecule has 2 aliphatic heterocycles. The third kappa shape index (κ3) is 3.49. The van der Waals surface area contributed by atoms with E-state index in [1.54, 1.807) is 30.2 Å². The van der Waals surface area contributed by atoms with Crippen molar-refractivity contribution >= 4 is 23.5 Å². The number of carbonyl (C=O) groups is 3. The smallest absolute Gasteiger partial charge is 0.256 e. The van der Waals surface area contributed by atoms with Crippen LogP contribution in [0, 0.1) is 0 Å². The number of hydrogen-bond acceptors (Lipinski definition) is 5. The zero-order chi connectivity index (χ0) is 18.9. The monoisotopic (exact) mass is 359 g/mol. The van der Waals surface area contributed by atoms with Crippen LogP contribution in [0.25, 0.3) is 0 Å². The van der Waals surface area contributed by atoms with Crippen LogP contribution in [0.2, 0.25) is 0 Å². The minimum Gasteiger partial charge on any atom is -0.352 e. The van der Waals surface area contributed by atoms with Gasteiger partial charge in [-0.1, -0.05) is 0 Å². The maximum absolute atomic E-state index is 12.6. The van der Waals surface area contributed by atoms with E-state index in [-0.39, 0.29) is 30.2 Å². The van der Waals surface area contributed by atoms with E-state index in [0.717, 1.165) is 0 Å². The molecule has 0 radical (unpaired) electrons. The van der Waals surface area contributed by atoms with Crippen molar-refractivity contribution in [1.82, 2.24) is 20.5 Å². The van der Waals surface area contributed by atoms with Crippen molar-refractivity contribution < 1.29 is 14.4 Å². The first-order chi connectivity index (χ1) is 12.3. The first kappa shape index (κ1) is 18.2. The number of anilines is 1. The summed E-state index contributed by atoms with van der Waals surface area (Å²) in [6.07, 6.45) is 2.82. The van der Waals surface area contributed by atoms with E-state index < -0.39 is 11.7 Å². The van der Waals surface area contributed by atoms with Gasteiger partial charge in [0.1, 0.15) is 17.5 Å². The lowest BCUT2D eigenvalue weighted by Crippen LogP contribution is -2.58. The number of nitrogens with zero attached hydrogens (tertiary/aromatic N) is 2. The normalized spacial score (nSPS) is 23.8. The summed E-state index contributed by atoms with van der Waals surface area (Å²) < 4.78 is 0. The number of aromatic nitrogens is 1. The van der Waals surface area contributed by atoms with Crippen molar-refractivity contribution in [2.75, 3.05) is 11.9 Å². The second kappa shape index (κ2) is 6.93. The molecule has 1 saturated heterocycles. The number of pyridine rings is 1. The molecule has 1 aromatic heterocycles. The molecule has 2 atom stereocenters. The molecule has 26 heavy (non-hydrogen) atoms. The lowest BCUT2D eigenvalue weighted by atomic mass is 9.97. The molecular weight excluding hydrogens is 334 g/mol. The van der Waals surface area contributed by atoms with Gasteiger partial charge in [-0.25, -0.2) is 4.98 Å². The van der Waals surface area contributed by atoms with Crippen LogP contribution in [0.15, 0.2) is 18.3 Å². The van der Waals surface area contributed by atoms with Gasteiger partial charge in [-0.3, -0.25) is 14.4 Å². The van der Waals surface area contributed by atoms with E-state index in [1.807, 2.05) is 13.8 Å². The molecule has 3 N–H and O–H groups in total. The zero-order valence-corrected chi connectivity index (χ0v) is 15.3. The van der Waals surface area contributed by atoms with Crippen molar-refractivity contribution in [1.29, 1.82) is 0 Å². The number of rotatable bonds is 3. The van der Waals surface area contributed by atoms with Crippen LogP contribution in [0.5, 0.6) is 0 Å². The highest BCUT2D eigenvalue weighted by Crippen LogP contribution is 2.30. The van der Waals surface area contributed by atoms with E-state index >= 15 is 0 Å². The highest BCUT2D eigenvalue weighted by Gasteiger charge is 2.42. The van der Waals surface area contributed by atoms with Gasteiger partial charge in [0, 0.05) is 31.6 Å². The highest BCUT2D eigenvalue weighted by molar-refractivity contribution is 6.01. The van der Waals surface area contributed by atoms with Crippen molar-refractivity contribution in [3.63, 3.8) is 0 Å². The average Bonchev–Trinajstić information content (AvgIpc) is 2.73. The Hall–Kier alpha value is -2.64. The van der Waals surface area contributed by atoms with Crippen LogP contribution in [-0.2, 0) is 9.59 Å². The first-order valence-corrected chi connectivity index (χ1v) is 8.97. The van der Waals surface area contributed by atoms with Crippen LogP contribution in [0.4, 0.5) is 5.82 Å². The quantitative estimate of drug-likeness (QED) is 0.743. The van der Waals surface area contributed by atoms with Crippen molar-refractivity contribution in [3.8, 4) is 0 Å². The minimum atomic E-state index is -0.725. The molecule has 8 heteroatoms. The molecule has 3 amide bonds. The molecular formula is C18H25N5O3. The van der Waals surface area contributed by atoms with Gasteiger partial charge in [-0.05, 0) is 39.3 Å². The van der Waals surface area contributed by atoms with Gasteiger partial charge in [0.25, 0.3) is 5.91 Å². The van der Waals surface area contributed by atoms with Gasteiger partial charge < -0.3 is 20.9 Å². The van der Waals surface area contributed by atoms with E-state index in [4.69, 9.17) is 0 Å². The van der Waals surface area contributed by atoms with Crippen LogP contribution in [0.3, 0.4) is 0 Å². The Morgan fingerprint density at radius 1 is 1.27 bits per heavy atom. The molecule has 2 unspecified atom stereocenters. The molecule has 3 heterocycles.